The van der Waals surface area contributed by atoms with Crippen LogP contribution in [0.15, 0.2) is 31.1 Å². The number of hydrogen-bond donors (Lipinski definition) is 3. The molecule has 3 aromatic heterocycles. The number of hydrogen-bond acceptors (Lipinski definition) is 8. The molecule has 0 aliphatic heterocycles. The lowest BCUT2D eigenvalue weighted by atomic mass is 10.2. The maximum Gasteiger partial charge on any atom is 0.278 e. The number of amides is 2. The van der Waals surface area contributed by atoms with Gasteiger partial charge in [0, 0.05) is 25.7 Å². The van der Waals surface area contributed by atoms with E-state index in [0.717, 1.165) is 18.5 Å². The van der Waals surface area contributed by atoms with Crippen molar-refractivity contribution < 1.29 is 9.59 Å². The van der Waals surface area contributed by atoms with E-state index in [1.165, 1.54) is 13.4 Å². The molecular weight excluding hydrogens is 386 g/mol. The number of carbonyl (C=O) groups excluding carboxylic acids is 2. The van der Waals surface area contributed by atoms with Crippen LogP contribution in [0, 0.1) is 0 Å². The topological polar surface area (TPSA) is 140 Å². The molecule has 154 valence electrons. The van der Waals surface area contributed by atoms with Crippen molar-refractivity contribution in [2.45, 2.75) is 32.2 Å². The minimum Gasteiger partial charge on any atom is -0.354 e. The van der Waals surface area contributed by atoms with Crippen LogP contribution < -0.4 is 16.0 Å². The Hall–Kier alpha value is -3.89. The van der Waals surface area contributed by atoms with Crippen LogP contribution in [0.3, 0.4) is 0 Å². The Kier molecular flexibility index (Phi) is 5.33. The molecule has 1 aliphatic rings. The zero-order valence-corrected chi connectivity index (χ0v) is 16.6. The van der Waals surface area contributed by atoms with Crippen molar-refractivity contribution >= 4 is 29.0 Å². The maximum absolute atomic E-state index is 13.1. The Morgan fingerprint density at radius 1 is 1.13 bits per heavy atom. The molecule has 0 saturated heterocycles. The van der Waals surface area contributed by atoms with Crippen LogP contribution in [-0.4, -0.2) is 48.6 Å². The summed E-state index contributed by atoms with van der Waals surface area (Å²) in [6, 6.07) is 0. The van der Waals surface area contributed by atoms with E-state index in [0.29, 0.717) is 23.8 Å². The molecule has 0 spiro atoms. The van der Waals surface area contributed by atoms with E-state index in [1.54, 1.807) is 29.5 Å². The molecule has 3 aromatic rings. The van der Waals surface area contributed by atoms with Gasteiger partial charge in [0.2, 0.25) is 0 Å². The minimum absolute atomic E-state index is 0.121. The predicted octanol–water partition coefficient (Wildman–Crippen LogP) is 1.72. The molecule has 0 bridgehead atoms. The van der Waals surface area contributed by atoms with Gasteiger partial charge < -0.3 is 16.0 Å². The number of rotatable bonds is 7. The van der Waals surface area contributed by atoms with Gasteiger partial charge in [0.1, 0.15) is 6.33 Å². The number of aryl methyl sites for hydroxylation is 1. The smallest absolute Gasteiger partial charge is 0.278 e. The van der Waals surface area contributed by atoms with Crippen molar-refractivity contribution in [2.24, 2.45) is 0 Å². The Labute approximate surface area is 172 Å². The molecule has 1 fully saturated rings. The average molecular weight is 407 g/mol. The van der Waals surface area contributed by atoms with E-state index in [2.05, 4.69) is 41.0 Å². The van der Waals surface area contributed by atoms with E-state index in [-0.39, 0.29) is 17.2 Å². The number of aromatic nitrogens is 6. The summed E-state index contributed by atoms with van der Waals surface area (Å²) >= 11 is 0. The minimum atomic E-state index is -0.495. The highest BCUT2D eigenvalue weighted by Gasteiger charge is 2.28. The summed E-state index contributed by atoms with van der Waals surface area (Å²) in [5.41, 5.74) is 1.89. The highest BCUT2D eigenvalue weighted by atomic mass is 16.2. The Morgan fingerprint density at radius 3 is 2.57 bits per heavy atom. The zero-order chi connectivity index (χ0) is 21.1. The quantitative estimate of drug-likeness (QED) is 0.538. The fourth-order valence-corrected chi connectivity index (χ4v) is 2.87. The number of anilines is 3. The highest BCUT2D eigenvalue weighted by molar-refractivity contribution is 6.09. The van der Waals surface area contributed by atoms with E-state index in [4.69, 9.17) is 0 Å². The van der Waals surface area contributed by atoms with Crippen LogP contribution in [0.25, 0.3) is 0 Å². The molecule has 11 heteroatoms. The third-order valence-electron chi connectivity index (χ3n) is 4.60. The summed E-state index contributed by atoms with van der Waals surface area (Å²) in [5, 5.41) is 12.5. The van der Waals surface area contributed by atoms with E-state index >= 15 is 0 Å². The summed E-state index contributed by atoms with van der Waals surface area (Å²) in [6.07, 6.45) is 9.88. The third-order valence-corrected chi connectivity index (χ3v) is 4.60. The van der Waals surface area contributed by atoms with Gasteiger partial charge >= 0.3 is 0 Å². The van der Waals surface area contributed by atoms with Crippen LogP contribution in [-0.2, 0) is 6.54 Å². The Balaban J connectivity index is 1.66. The summed E-state index contributed by atoms with van der Waals surface area (Å²) in [4.78, 5) is 42.1. The highest BCUT2D eigenvalue weighted by Crippen LogP contribution is 2.39. The zero-order valence-electron chi connectivity index (χ0n) is 16.6. The van der Waals surface area contributed by atoms with Gasteiger partial charge in [-0.1, -0.05) is 0 Å². The standard InChI is InChI=1S/C19H21N9O2/c1-3-28-9-14(15(27-28)18(29)20-2)26-19(30)16-17(24-12-6-21-10-22-7-12)23-8-13(25-16)11-4-5-11/h6-11H,3-5H2,1-2H3,(H,20,29)(H,23,24)(H,26,30). The lowest BCUT2D eigenvalue weighted by Gasteiger charge is -2.11. The lowest BCUT2D eigenvalue weighted by molar-refractivity contribution is 0.0958. The second-order valence-electron chi connectivity index (χ2n) is 6.80. The molecule has 11 nitrogen and oxygen atoms in total. The first-order chi connectivity index (χ1) is 14.6. The largest absolute Gasteiger partial charge is 0.354 e. The van der Waals surface area contributed by atoms with Crippen molar-refractivity contribution in [1.82, 2.24) is 35.0 Å². The van der Waals surface area contributed by atoms with Gasteiger partial charge in [-0.2, -0.15) is 5.10 Å². The molecule has 30 heavy (non-hydrogen) atoms. The van der Waals surface area contributed by atoms with Gasteiger partial charge in [0.25, 0.3) is 11.8 Å². The SMILES string of the molecule is CCn1cc(NC(=O)c2nc(C3CC3)cnc2Nc2cncnc2)c(C(=O)NC)n1. The summed E-state index contributed by atoms with van der Waals surface area (Å²) in [6.45, 7) is 2.44. The lowest BCUT2D eigenvalue weighted by Crippen LogP contribution is -2.22. The van der Waals surface area contributed by atoms with Crippen molar-refractivity contribution in [3.05, 3.63) is 48.2 Å². The predicted molar refractivity (Wildman–Crippen MR) is 109 cm³/mol. The van der Waals surface area contributed by atoms with Crippen LogP contribution in [0.4, 0.5) is 17.2 Å². The van der Waals surface area contributed by atoms with Crippen molar-refractivity contribution in [2.75, 3.05) is 17.7 Å². The Morgan fingerprint density at radius 2 is 1.90 bits per heavy atom. The fraction of sp³-hybridized carbons (Fsp3) is 0.316. The second-order valence-corrected chi connectivity index (χ2v) is 6.80. The normalized spacial score (nSPS) is 13.0. The molecule has 0 unspecified atom stereocenters. The molecule has 0 radical (unpaired) electrons. The first-order valence-corrected chi connectivity index (χ1v) is 9.59. The number of carbonyl (C=O) groups is 2. The van der Waals surface area contributed by atoms with E-state index < -0.39 is 11.8 Å². The molecule has 1 aliphatic carbocycles. The molecule has 0 aromatic carbocycles. The van der Waals surface area contributed by atoms with E-state index in [1.807, 2.05) is 6.92 Å². The number of nitrogens with one attached hydrogen (secondary N) is 3. The van der Waals surface area contributed by atoms with Gasteiger partial charge in [-0.3, -0.25) is 14.3 Å². The van der Waals surface area contributed by atoms with Crippen LogP contribution in [0.2, 0.25) is 0 Å². The summed E-state index contributed by atoms with van der Waals surface area (Å²) in [5.74, 6) is -0.293. The van der Waals surface area contributed by atoms with Gasteiger partial charge in [-0.25, -0.2) is 19.9 Å². The first-order valence-electron chi connectivity index (χ1n) is 9.59. The third kappa shape index (κ3) is 4.09. The van der Waals surface area contributed by atoms with Crippen LogP contribution in [0.5, 0.6) is 0 Å². The van der Waals surface area contributed by atoms with Gasteiger partial charge in [-0.05, 0) is 19.8 Å². The Bertz CT molecular complexity index is 1080. The molecule has 0 atom stereocenters. The van der Waals surface area contributed by atoms with Crippen LogP contribution in [0.1, 0.15) is 52.4 Å². The van der Waals surface area contributed by atoms with Crippen molar-refractivity contribution in [1.29, 1.82) is 0 Å². The van der Waals surface area contributed by atoms with E-state index in [9.17, 15) is 9.59 Å². The first kappa shape index (κ1) is 19.4. The van der Waals surface area contributed by atoms with Crippen molar-refractivity contribution in [3.63, 3.8) is 0 Å². The molecule has 3 heterocycles. The number of nitrogens with zero attached hydrogens (tertiary/aromatic N) is 6. The van der Waals surface area contributed by atoms with Crippen LogP contribution >= 0.6 is 0 Å². The van der Waals surface area contributed by atoms with Crippen molar-refractivity contribution in [3.8, 4) is 0 Å². The van der Waals surface area contributed by atoms with Gasteiger partial charge in [0.15, 0.2) is 17.2 Å². The van der Waals surface area contributed by atoms with Gasteiger partial charge in [0.05, 0.1) is 35.7 Å². The molecular formula is C19H21N9O2. The molecule has 1 saturated carbocycles. The average Bonchev–Trinajstić information content (AvgIpc) is 3.54. The second kappa shape index (κ2) is 8.23. The summed E-state index contributed by atoms with van der Waals surface area (Å²) < 4.78 is 1.58. The molecule has 2 amide bonds. The summed E-state index contributed by atoms with van der Waals surface area (Å²) in [7, 11) is 1.51. The van der Waals surface area contributed by atoms with Gasteiger partial charge in [-0.15, -0.1) is 0 Å². The molecule has 4 rings (SSSR count). The monoisotopic (exact) mass is 407 g/mol. The maximum atomic E-state index is 13.1. The fourth-order valence-electron chi connectivity index (χ4n) is 2.87. The molecule has 3 N–H and O–H groups in total.